The van der Waals surface area contributed by atoms with Crippen LogP contribution in [0.1, 0.15) is 5.56 Å². The van der Waals surface area contributed by atoms with Gasteiger partial charge in [0.15, 0.2) is 5.11 Å². The average Bonchev–Trinajstić information content (AvgIpc) is 2.05. The number of aliphatic hydroxyl groups excluding tert-OH is 1. The van der Waals surface area contributed by atoms with E-state index in [0.29, 0.717) is 0 Å². The van der Waals surface area contributed by atoms with Crippen molar-refractivity contribution in [2.24, 2.45) is 11.5 Å². The van der Waals surface area contributed by atoms with Crippen molar-refractivity contribution in [2.45, 2.75) is 6.61 Å². The predicted molar refractivity (Wildman–Crippen MR) is 53.3 cm³/mol. The van der Waals surface area contributed by atoms with Crippen molar-refractivity contribution in [3.8, 4) is 0 Å². The molecule has 5 N–H and O–H groups in total. The van der Waals surface area contributed by atoms with Gasteiger partial charge in [-0.15, -0.1) is 0 Å². The molecule has 1 aromatic rings. The topological polar surface area (TPSA) is 72.3 Å². The largest absolute Gasteiger partial charge is 0.392 e. The third-order valence-corrected chi connectivity index (χ3v) is 1.03. The number of hydrogen-bond donors (Lipinski definition) is 3. The molecule has 0 aromatic heterocycles. The van der Waals surface area contributed by atoms with Crippen molar-refractivity contribution < 1.29 is 5.11 Å². The molecule has 66 valence electrons. The zero-order valence-corrected chi connectivity index (χ0v) is 7.42. The Balaban J connectivity index is 0.000000261. The molecule has 0 fully saturated rings. The molecule has 0 bridgehead atoms. The van der Waals surface area contributed by atoms with E-state index < -0.39 is 0 Å². The summed E-state index contributed by atoms with van der Waals surface area (Å²) in [5.41, 5.74) is 10.2. The number of nitrogens with two attached hydrogens (primary N) is 2. The molecule has 0 unspecified atom stereocenters. The maximum Gasteiger partial charge on any atom is 0.160 e. The summed E-state index contributed by atoms with van der Waals surface area (Å²) in [6.07, 6.45) is 0. The molecule has 1 aromatic carbocycles. The summed E-state index contributed by atoms with van der Waals surface area (Å²) in [7, 11) is 0. The van der Waals surface area contributed by atoms with Gasteiger partial charge in [-0.2, -0.15) is 0 Å². The lowest BCUT2D eigenvalue weighted by atomic mass is 10.2. The molecule has 0 aliphatic heterocycles. The van der Waals surface area contributed by atoms with Crippen LogP contribution in [0.15, 0.2) is 30.3 Å². The van der Waals surface area contributed by atoms with Gasteiger partial charge < -0.3 is 16.6 Å². The molecular weight excluding hydrogens is 172 g/mol. The Kier molecular flexibility index (Phi) is 5.95. The fourth-order valence-corrected chi connectivity index (χ4v) is 0.583. The van der Waals surface area contributed by atoms with Gasteiger partial charge in [0.05, 0.1) is 6.61 Å². The summed E-state index contributed by atoms with van der Waals surface area (Å²) in [5.74, 6) is 0. The SMILES string of the molecule is NC(N)=S.OCc1ccccc1. The zero-order valence-electron chi connectivity index (χ0n) is 6.60. The predicted octanol–water partition coefficient (Wildman–Crippen LogP) is 0.368. The third kappa shape index (κ3) is 6.98. The summed E-state index contributed by atoms with van der Waals surface area (Å²) in [5, 5.41) is 8.54. The van der Waals surface area contributed by atoms with Gasteiger partial charge in [-0.05, 0) is 17.8 Å². The highest BCUT2D eigenvalue weighted by Crippen LogP contribution is 1.95. The van der Waals surface area contributed by atoms with Crippen LogP contribution in [0, 0.1) is 0 Å². The second kappa shape index (κ2) is 6.57. The van der Waals surface area contributed by atoms with Crippen molar-refractivity contribution in [1.82, 2.24) is 0 Å². The van der Waals surface area contributed by atoms with E-state index in [1.54, 1.807) is 0 Å². The molecule has 12 heavy (non-hydrogen) atoms. The van der Waals surface area contributed by atoms with E-state index in [1.165, 1.54) is 0 Å². The Hall–Kier alpha value is -1.13. The van der Waals surface area contributed by atoms with Crippen molar-refractivity contribution in [1.29, 1.82) is 0 Å². The van der Waals surface area contributed by atoms with Gasteiger partial charge in [0, 0.05) is 0 Å². The fourth-order valence-electron chi connectivity index (χ4n) is 0.583. The molecule has 3 nitrogen and oxygen atoms in total. The highest BCUT2D eigenvalue weighted by atomic mass is 32.1. The summed E-state index contributed by atoms with van der Waals surface area (Å²) in [6.45, 7) is 0.140. The van der Waals surface area contributed by atoms with Gasteiger partial charge >= 0.3 is 0 Å². The van der Waals surface area contributed by atoms with Gasteiger partial charge in [0.2, 0.25) is 0 Å². The lowest BCUT2D eigenvalue weighted by Gasteiger charge is -1.89. The Bertz CT molecular complexity index is 222. The highest BCUT2D eigenvalue weighted by Gasteiger charge is 1.81. The Morgan fingerprint density at radius 1 is 1.25 bits per heavy atom. The number of hydrogen-bond acceptors (Lipinski definition) is 2. The van der Waals surface area contributed by atoms with Crippen molar-refractivity contribution >= 4 is 17.3 Å². The molecule has 0 spiro atoms. The van der Waals surface area contributed by atoms with E-state index in [0.717, 1.165) is 5.56 Å². The maximum absolute atomic E-state index is 8.54. The molecular formula is C8H12N2OS. The van der Waals surface area contributed by atoms with Crippen molar-refractivity contribution in [3.63, 3.8) is 0 Å². The van der Waals surface area contributed by atoms with Gasteiger partial charge in [0.1, 0.15) is 0 Å². The van der Waals surface area contributed by atoms with Gasteiger partial charge in [-0.25, -0.2) is 0 Å². The van der Waals surface area contributed by atoms with Crippen molar-refractivity contribution in [3.05, 3.63) is 35.9 Å². The minimum atomic E-state index is 0.000000000000000222. The molecule has 0 aliphatic rings. The highest BCUT2D eigenvalue weighted by molar-refractivity contribution is 7.80. The molecule has 4 heteroatoms. The van der Waals surface area contributed by atoms with Crippen LogP contribution in [-0.4, -0.2) is 10.2 Å². The minimum absolute atomic E-state index is 0.000000000000000222. The van der Waals surface area contributed by atoms with E-state index in [4.69, 9.17) is 5.11 Å². The second-order valence-electron chi connectivity index (χ2n) is 2.05. The molecule has 0 atom stereocenters. The van der Waals surface area contributed by atoms with Crippen LogP contribution in [0.5, 0.6) is 0 Å². The molecule has 0 amide bonds. The fraction of sp³-hybridized carbons (Fsp3) is 0.125. The van der Waals surface area contributed by atoms with E-state index in [1.807, 2.05) is 30.3 Å². The van der Waals surface area contributed by atoms with Crippen LogP contribution in [0.3, 0.4) is 0 Å². The monoisotopic (exact) mass is 184 g/mol. The molecule has 1 rings (SSSR count). The van der Waals surface area contributed by atoms with E-state index in [2.05, 4.69) is 23.7 Å². The molecule has 0 aliphatic carbocycles. The lowest BCUT2D eigenvalue weighted by molar-refractivity contribution is 0.282. The molecule has 0 radical (unpaired) electrons. The quantitative estimate of drug-likeness (QED) is 0.551. The van der Waals surface area contributed by atoms with Gasteiger partial charge in [-0.1, -0.05) is 30.3 Å². The average molecular weight is 184 g/mol. The van der Waals surface area contributed by atoms with E-state index >= 15 is 0 Å². The maximum atomic E-state index is 8.54. The van der Waals surface area contributed by atoms with Crippen LogP contribution < -0.4 is 11.5 Å². The number of benzene rings is 1. The van der Waals surface area contributed by atoms with E-state index in [9.17, 15) is 0 Å². The molecule has 0 saturated heterocycles. The molecule has 0 saturated carbocycles. The lowest BCUT2D eigenvalue weighted by Crippen LogP contribution is -2.18. The first-order valence-corrected chi connectivity index (χ1v) is 3.77. The minimum Gasteiger partial charge on any atom is -0.392 e. The smallest absolute Gasteiger partial charge is 0.160 e. The van der Waals surface area contributed by atoms with Gasteiger partial charge in [0.25, 0.3) is 0 Å². The Morgan fingerprint density at radius 3 is 1.92 bits per heavy atom. The first-order chi connectivity index (χ1) is 5.66. The number of rotatable bonds is 1. The summed E-state index contributed by atoms with van der Waals surface area (Å²) < 4.78 is 0. The summed E-state index contributed by atoms with van der Waals surface area (Å²) in [6, 6.07) is 9.52. The van der Waals surface area contributed by atoms with Crippen LogP contribution in [0.2, 0.25) is 0 Å². The molecule has 0 heterocycles. The van der Waals surface area contributed by atoms with Crippen LogP contribution in [0.4, 0.5) is 0 Å². The van der Waals surface area contributed by atoms with Crippen molar-refractivity contribution in [2.75, 3.05) is 0 Å². The first-order valence-electron chi connectivity index (χ1n) is 3.36. The van der Waals surface area contributed by atoms with Crippen LogP contribution >= 0.6 is 12.2 Å². The third-order valence-electron chi connectivity index (χ3n) is 1.03. The second-order valence-corrected chi connectivity index (χ2v) is 2.52. The standard InChI is InChI=1S/C7H8O.CH4N2S/c8-6-7-4-2-1-3-5-7;2-1(3)4/h1-5,8H,6H2;(H4,2,3,4). The summed E-state index contributed by atoms with van der Waals surface area (Å²) in [4.78, 5) is 0. The Labute approximate surface area is 77.0 Å². The zero-order chi connectivity index (χ0) is 9.40. The normalized spacial score (nSPS) is 8.08. The number of aliphatic hydroxyl groups is 1. The van der Waals surface area contributed by atoms with E-state index in [-0.39, 0.29) is 11.7 Å². The van der Waals surface area contributed by atoms with Gasteiger partial charge in [-0.3, -0.25) is 0 Å². The Morgan fingerprint density at radius 2 is 1.67 bits per heavy atom. The number of thiocarbonyl (C=S) groups is 1. The first kappa shape index (κ1) is 10.9. The van der Waals surface area contributed by atoms with Crippen LogP contribution in [0.25, 0.3) is 0 Å². The van der Waals surface area contributed by atoms with Crippen LogP contribution in [-0.2, 0) is 6.61 Å². The summed E-state index contributed by atoms with van der Waals surface area (Å²) >= 11 is 4.09.